The average molecular weight is 772 g/mol. The molecule has 0 aromatic heterocycles. The molecule has 5 amide bonds. The lowest BCUT2D eigenvalue weighted by Crippen LogP contribution is -2.64. The predicted molar refractivity (Wildman–Crippen MR) is 206 cm³/mol. The summed E-state index contributed by atoms with van der Waals surface area (Å²) in [5, 5.41) is 10.5. The Labute approximate surface area is 323 Å². The second-order valence-electron chi connectivity index (χ2n) is 12.9. The third-order valence-corrected chi connectivity index (χ3v) is 9.96. The largest absolute Gasteiger partial charge is 0.497 e. The van der Waals surface area contributed by atoms with E-state index in [9.17, 15) is 28.8 Å². The van der Waals surface area contributed by atoms with Gasteiger partial charge in [0.25, 0.3) is 5.91 Å². The Hall–Kier alpha value is -5.83. The fourth-order valence-corrected chi connectivity index (χ4v) is 7.05. The Kier molecular flexibility index (Phi) is 14.7. The van der Waals surface area contributed by atoms with Gasteiger partial charge in [-0.15, -0.1) is 11.8 Å². The van der Waals surface area contributed by atoms with Crippen LogP contribution in [-0.4, -0.2) is 89.7 Å². The molecule has 3 aromatic rings. The Balaban J connectivity index is 1.23. The van der Waals surface area contributed by atoms with Crippen LogP contribution in [0.25, 0.3) is 0 Å². The average Bonchev–Trinajstić information content (AvgIpc) is 3.31. The maximum absolute atomic E-state index is 14.0. The van der Waals surface area contributed by atoms with E-state index in [1.165, 1.54) is 22.8 Å². The molecule has 2 saturated heterocycles. The quantitative estimate of drug-likeness (QED) is 0.125. The fraction of sp³-hybridized carbons (Fsp3) is 0.350. The van der Waals surface area contributed by atoms with Crippen LogP contribution in [0.3, 0.4) is 0 Å². The zero-order chi connectivity index (χ0) is 39.2. The van der Waals surface area contributed by atoms with Gasteiger partial charge in [0, 0.05) is 30.8 Å². The monoisotopic (exact) mass is 771 g/mol. The van der Waals surface area contributed by atoms with Crippen LogP contribution >= 0.6 is 11.8 Å². The minimum atomic E-state index is -1.14. The van der Waals surface area contributed by atoms with Gasteiger partial charge < -0.3 is 30.2 Å². The second kappa shape index (κ2) is 20.0. The third-order valence-electron chi connectivity index (χ3n) is 8.94. The van der Waals surface area contributed by atoms with Gasteiger partial charge >= 0.3 is 12.0 Å². The van der Waals surface area contributed by atoms with Gasteiger partial charge in [-0.1, -0.05) is 43.0 Å². The lowest BCUT2D eigenvalue weighted by Gasteiger charge is -2.43. The van der Waals surface area contributed by atoms with Crippen molar-refractivity contribution in [2.45, 2.75) is 62.4 Å². The topological polar surface area (TPSA) is 173 Å². The molecule has 0 radical (unpaired) electrons. The molecule has 0 saturated carbocycles. The SMILES string of the molecule is C=CCOC(=O)CC[C@H](NC(=O)[C@@H]1CCCN2C(=O)CC[C@H](NC(=O)Nc3ccc(Oc4ccccc4)cc3)C(=O)N12)C(=O)CSCc1ccc(OC)cc1. The number of amides is 5. The molecular formula is C40H45N5O9S. The summed E-state index contributed by atoms with van der Waals surface area (Å²) in [7, 11) is 1.58. The number of para-hydroxylation sites is 1. The maximum atomic E-state index is 14.0. The number of hydrazine groups is 1. The molecule has 3 aromatic carbocycles. The van der Waals surface area contributed by atoms with E-state index in [0.717, 1.165) is 10.6 Å². The first-order chi connectivity index (χ1) is 26.6. The van der Waals surface area contributed by atoms with Crippen LogP contribution in [0.15, 0.2) is 91.5 Å². The smallest absolute Gasteiger partial charge is 0.319 e. The number of thioether (sulfide) groups is 1. The molecule has 3 N–H and O–H groups in total. The number of rotatable bonds is 17. The van der Waals surface area contributed by atoms with Gasteiger partial charge in [-0.05, 0) is 79.8 Å². The zero-order valence-corrected chi connectivity index (χ0v) is 31.4. The van der Waals surface area contributed by atoms with Crippen molar-refractivity contribution in [1.29, 1.82) is 0 Å². The molecule has 3 atom stereocenters. The van der Waals surface area contributed by atoms with E-state index >= 15 is 0 Å². The number of methoxy groups -OCH3 is 1. The van der Waals surface area contributed by atoms with Crippen molar-refractivity contribution < 1.29 is 43.0 Å². The molecule has 2 fully saturated rings. The Morgan fingerprint density at radius 3 is 2.36 bits per heavy atom. The standard InChI is InChI=1S/C40H45N5O9S/c1-3-24-53-37(48)22-20-32(35(46)26-55-25-27-11-15-29(52-2)16-12-27)42-38(49)34-10-7-23-44-36(47)21-19-33(39(50)45(34)44)43-40(51)41-28-13-17-31(18-14-28)54-30-8-5-4-6-9-30/h3-6,8-9,11-18,32-34H,1,7,10,19-26H2,2H3,(H,42,49)(H2,41,43,51)/t32-,33-,34-/m0/s1. The number of esters is 1. The van der Waals surface area contributed by atoms with Crippen molar-refractivity contribution in [2.75, 3.05) is 31.3 Å². The highest BCUT2D eigenvalue weighted by molar-refractivity contribution is 7.99. The second-order valence-corrected chi connectivity index (χ2v) is 13.9. The van der Waals surface area contributed by atoms with E-state index in [0.29, 0.717) is 35.1 Å². The van der Waals surface area contributed by atoms with Crippen molar-refractivity contribution in [3.05, 3.63) is 97.1 Å². The number of ketones is 1. The number of fused-ring (bicyclic) bond motifs is 1. The summed E-state index contributed by atoms with van der Waals surface area (Å²) in [5.74, 6) is -0.00876. The number of carbonyl (C=O) groups is 6. The van der Waals surface area contributed by atoms with Crippen LogP contribution in [0, 0.1) is 0 Å². The van der Waals surface area contributed by atoms with Crippen molar-refractivity contribution >= 4 is 53.0 Å². The molecule has 2 aliphatic heterocycles. The molecule has 0 aliphatic carbocycles. The predicted octanol–water partition coefficient (Wildman–Crippen LogP) is 5.00. The molecule has 15 heteroatoms. The lowest BCUT2D eigenvalue weighted by atomic mass is 10.0. The summed E-state index contributed by atoms with van der Waals surface area (Å²) in [5.41, 5.74) is 1.42. The molecular weight excluding hydrogens is 727 g/mol. The lowest BCUT2D eigenvalue weighted by molar-refractivity contribution is -0.176. The van der Waals surface area contributed by atoms with Gasteiger partial charge in [-0.25, -0.2) is 9.80 Å². The number of ether oxygens (including phenoxy) is 3. The summed E-state index contributed by atoms with van der Waals surface area (Å²) in [6, 6.07) is 19.4. The van der Waals surface area contributed by atoms with Gasteiger partial charge in [0.05, 0.1) is 18.9 Å². The van der Waals surface area contributed by atoms with E-state index in [1.54, 1.807) is 31.4 Å². The zero-order valence-electron chi connectivity index (χ0n) is 30.6. The Bertz CT molecular complexity index is 1820. The first-order valence-corrected chi connectivity index (χ1v) is 19.1. The Morgan fingerprint density at radius 2 is 1.65 bits per heavy atom. The molecule has 2 heterocycles. The number of nitrogens with one attached hydrogen (secondary N) is 3. The van der Waals surface area contributed by atoms with E-state index in [1.807, 2.05) is 54.6 Å². The summed E-state index contributed by atoms with van der Waals surface area (Å²) in [6.45, 7) is 3.75. The molecule has 290 valence electrons. The minimum absolute atomic E-state index is 0.00769. The van der Waals surface area contributed by atoms with Crippen LogP contribution in [0.4, 0.5) is 10.5 Å². The number of nitrogens with zero attached hydrogens (tertiary/aromatic N) is 2. The molecule has 14 nitrogen and oxygen atoms in total. The highest BCUT2D eigenvalue weighted by atomic mass is 32.2. The first kappa shape index (κ1) is 40.4. The van der Waals surface area contributed by atoms with Crippen LogP contribution < -0.4 is 25.4 Å². The van der Waals surface area contributed by atoms with E-state index in [2.05, 4.69) is 22.5 Å². The number of benzene rings is 3. The van der Waals surface area contributed by atoms with E-state index in [-0.39, 0.29) is 62.7 Å². The maximum Gasteiger partial charge on any atom is 0.319 e. The van der Waals surface area contributed by atoms with Gasteiger partial charge in [0.15, 0.2) is 5.78 Å². The molecule has 2 aliphatic rings. The normalized spacial score (nSPS) is 17.2. The number of urea groups is 1. The van der Waals surface area contributed by atoms with E-state index in [4.69, 9.17) is 14.2 Å². The number of carbonyl (C=O) groups excluding carboxylic acids is 6. The van der Waals surface area contributed by atoms with Crippen LogP contribution in [-0.2, 0) is 34.5 Å². The molecule has 55 heavy (non-hydrogen) atoms. The van der Waals surface area contributed by atoms with Gasteiger partial charge in [0.2, 0.25) is 11.8 Å². The molecule has 0 bridgehead atoms. The minimum Gasteiger partial charge on any atom is -0.497 e. The fourth-order valence-electron chi connectivity index (χ4n) is 6.12. The highest BCUT2D eigenvalue weighted by Gasteiger charge is 2.45. The third kappa shape index (κ3) is 11.6. The van der Waals surface area contributed by atoms with Gasteiger partial charge in [0.1, 0.15) is 35.9 Å². The summed E-state index contributed by atoms with van der Waals surface area (Å²) >= 11 is 1.35. The highest BCUT2D eigenvalue weighted by Crippen LogP contribution is 2.27. The summed E-state index contributed by atoms with van der Waals surface area (Å²) < 4.78 is 16.1. The number of hydrogen-bond donors (Lipinski definition) is 3. The molecule has 0 unspecified atom stereocenters. The first-order valence-electron chi connectivity index (χ1n) is 18.0. The van der Waals surface area contributed by atoms with Crippen molar-refractivity contribution in [3.63, 3.8) is 0 Å². The number of Topliss-reactive ketones (excluding diaryl/α,β-unsaturated/α-hetero) is 1. The van der Waals surface area contributed by atoms with Gasteiger partial charge in [-0.3, -0.25) is 29.0 Å². The number of anilines is 1. The molecule has 5 rings (SSSR count). The summed E-state index contributed by atoms with van der Waals surface area (Å²) in [4.78, 5) is 80.2. The van der Waals surface area contributed by atoms with Crippen molar-refractivity contribution in [1.82, 2.24) is 20.7 Å². The van der Waals surface area contributed by atoms with Crippen molar-refractivity contribution in [2.24, 2.45) is 0 Å². The van der Waals surface area contributed by atoms with E-state index < -0.39 is 41.9 Å². The van der Waals surface area contributed by atoms with Crippen LogP contribution in [0.1, 0.15) is 44.1 Å². The molecule has 0 spiro atoms. The van der Waals surface area contributed by atoms with Crippen LogP contribution in [0.2, 0.25) is 0 Å². The van der Waals surface area contributed by atoms with Crippen molar-refractivity contribution in [3.8, 4) is 17.2 Å². The Morgan fingerprint density at radius 1 is 0.945 bits per heavy atom. The number of hydrogen-bond acceptors (Lipinski definition) is 10. The van der Waals surface area contributed by atoms with Crippen LogP contribution in [0.5, 0.6) is 17.2 Å². The summed E-state index contributed by atoms with van der Waals surface area (Å²) in [6.07, 6.45) is 1.89. The van der Waals surface area contributed by atoms with Gasteiger partial charge in [-0.2, -0.15) is 0 Å².